The summed E-state index contributed by atoms with van der Waals surface area (Å²) in [5.41, 5.74) is 8.17. The average Bonchev–Trinajstić information content (AvgIpc) is 2.27. The smallest absolute Gasteiger partial charge is 0.307 e. The van der Waals surface area contributed by atoms with Crippen LogP contribution in [-0.4, -0.2) is 19.1 Å². The van der Waals surface area contributed by atoms with E-state index in [0.29, 0.717) is 19.6 Å². The predicted molar refractivity (Wildman–Crippen MR) is 64.1 cm³/mol. The number of aryl methyl sites for hydroxylation is 1. The Kier molecular flexibility index (Phi) is 5.36. The Bertz CT molecular complexity index is 322. The van der Waals surface area contributed by atoms with E-state index in [1.807, 2.05) is 31.2 Å². The minimum atomic E-state index is -0.180. The third kappa shape index (κ3) is 4.79. The molecule has 0 heterocycles. The van der Waals surface area contributed by atoms with Crippen molar-refractivity contribution in [1.82, 2.24) is 5.43 Å². The monoisotopic (exact) mass is 222 g/mol. The maximum Gasteiger partial charge on any atom is 0.307 e. The zero-order valence-corrected chi connectivity index (χ0v) is 9.75. The summed E-state index contributed by atoms with van der Waals surface area (Å²) in [6.45, 7) is 4.82. The Morgan fingerprint density at radius 1 is 1.31 bits per heavy atom. The number of carbonyl (C=O) groups excluding carboxylic acids is 1. The van der Waals surface area contributed by atoms with Crippen molar-refractivity contribution in [3.63, 3.8) is 0 Å². The molecule has 0 radical (unpaired) electrons. The van der Waals surface area contributed by atoms with E-state index in [0.717, 1.165) is 5.69 Å². The quantitative estimate of drug-likeness (QED) is 0.438. The lowest BCUT2D eigenvalue weighted by Crippen LogP contribution is -2.25. The summed E-state index contributed by atoms with van der Waals surface area (Å²) in [5, 5.41) is 0. The van der Waals surface area contributed by atoms with Crippen LogP contribution in [0.4, 0.5) is 5.69 Å². The van der Waals surface area contributed by atoms with Crippen molar-refractivity contribution in [3.05, 3.63) is 29.8 Å². The third-order valence-electron chi connectivity index (χ3n) is 2.04. The number of ether oxygens (including phenoxy) is 1. The fourth-order valence-electron chi connectivity index (χ4n) is 1.20. The van der Waals surface area contributed by atoms with Gasteiger partial charge in [-0.1, -0.05) is 17.7 Å². The predicted octanol–water partition coefficient (Wildman–Crippen LogP) is 1.86. The highest BCUT2D eigenvalue weighted by Crippen LogP contribution is 2.06. The maximum absolute atomic E-state index is 11.0. The van der Waals surface area contributed by atoms with Gasteiger partial charge in [0.05, 0.1) is 13.0 Å². The molecular weight excluding hydrogens is 204 g/mol. The van der Waals surface area contributed by atoms with Crippen molar-refractivity contribution in [2.24, 2.45) is 0 Å². The molecule has 0 atom stereocenters. The molecule has 88 valence electrons. The first-order valence-electron chi connectivity index (χ1n) is 5.43. The topological polar surface area (TPSA) is 50.4 Å². The molecule has 0 saturated heterocycles. The molecule has 0 fully saturated rings. The first-order chi connectivity index (χ1) is 7.72. The number of carbonyl (C=O) groups is 1. The van der Waals surface area contributed by atoms with Gasteiger partial charge in [-0.05, 0) is 26.0 Å². The Morgan fingerprint density at radius 3 is 2.62 bits per heavy atom. The number of hydrogen-bond donors (Lipinski definition) is 2. The highest BCUT2D eigenvalue weighted by molar-refractivity contribution is 5.69. The maximum atomic E-state index is 11.0. The van der Waals surface area contributed by atoms with Gasteiger partial charge >= 0.3 is 5.97 Å². The highest BCUT2D eigenvalue weighted by Gasteiger charge is 1.99. The Morgan fingerprint density at radius 2 is 2.00 bits per heavy atom. The van der Waals surface area contributed by atoms with E-state index >= 15 is 0 Å². The van der Waals surface area contributed by atoms with Gasteiger partial charge in [-0.2, -0.15) is 0 Å². The van der Waals surface area contributed by atoms with Gasteiger partial charge in [0.1, 0.15) is 0 Å². The van der Waals surface area contributed by atoms with Crippen molar-refractivity contribution in [2.45, 2.75) is 20.3 Å². The number of hydrazine groups is 1. The second-order valence-electron chi connectivity index (χ2n) is 3.47. The standard InChI is InChI=1S/C12H18N2O2/c1-3-16-12(15)8-9-13-14-11-6-4-10(2)5-7-11/h4-7,13-14H,3,8-9H2,1-2H3. The molecule has 4 heteroatoms. The molecule has 0 aromatic heterocycles. The van der Waals surface area contributed by atoms with E-state index in [1.54, 1.807) is 6.92 Å². The second-order valence-corrected chi connectivity index (χ2v) is 3.47. The van der Waals surface area contributed by atoms with E-state index < -0.39 is 0 Å². The zero-order valence-electron chi connectivity index (χ0n) is 9.75. The molecule has 0 spiro atoms. The zero-order chi connectivity index (χ0) is 11.8. The van der Waals surface area contributed by atoms with Gasteiger partial charge in [0.25, 0.3) is 0 Å². The molecule has 0 aliphatic heterocycles. The van der Waals surface area contributed by atoms with E-state index in [4.69, 9.17) is 4.74 Å². The van der Waals surface area contributed by atoms with Gasteiger partial charge in [-0.3, -0.25) is 4.79 Å². The first kappa shape index (κ1) is 12.5. The van der Waals surface area contributed by atoms with Crippen molar-refractivity contribution in [3.8, 4) is 0 Å². The van der Waals surface area contributed by atoms with Gasteiger partial charge in [0.15, 0.2) is 0 Å². The van der Waals surface area contributed by atoms with Crippen LogP contribution in [0.15, 0.2) is 24.3 Å². The molecule has 0 unspecified atom stereocenters. The van der Waals surface area contributed by atoms with Crippen LogP contribution in [0.25, 0.3) is 0 Å². The first-order valence-corrected chi connectivity index (χ1v) is 5.43. The fourth-order valence-corrected chi connectivity index (χ4v) is 1.20. The van der Waals surface area contributed by atoms with Gasteiger partial charge in [0, 0.05) is 12.2 Å². The summed E-state index contributed by atoms with van der Waals surface area (Å²) < 4.78 is 4.80. The summed E-state index contributed by atoms with van der Waals surface area (Å²) >= 11 is 0. The van der Waals surface area contributed by atoms with Crippen LogP contribution in [0.1, 0.15) is 18.9 Å². The number of nitrogens with one attached hydrogen (secondary N) is 2. The Hall–Kier alpha value is -1.55. The molecule has 0 aliphatic carbocycles. The van der Waals surface area contributed by atoms with Gasteiger partial charge in [-0.15, -0.1) is 0 Å². The van der Waals surface area contributed by atoms with E-state index in [9.17, 15) is 4.79 Å². The SMILES string of the molecule is CCOC(=O)CCNNc1ccc(C)cc1. The van der Waals surface area contributed by atoms with Crippen LogP contribution >= 0.6 is 0 Å². The third-order valence-corrected chi connectivity index (χ3v) is 2.04. The fraction of sp³-hybridized carbons (Fsp3) is 0.417. The molecule has 1 aromatic rings. The lowest BCUT2D eigenvalue weighted by atomic mass is 10.2. The Balaban J connectivity index is 2.16. The normalized spacial score (nSPS) is 9.88. The van der Waals surface area contributed by atoms with Crippen LogP contribution in [0.5, 0.6) is 0 Å². The van der Waals surface area contributed by atoms with E-state index in [2.05, 4.69) is 10.9 Å². The lowest BCUT2D eigenvalue weighted by molar-refractivity contribution is -0.142. The summed E-state index contributed by atoms with van der Waals surface area (Å²) in [4.78, 5) is 11.0. The van der Waals surface area contributed by atoms with Crippen molar-refractivity contribution >= 4 is 11.7 Å². The minimum absolute atomic E-state index is 0.180. The molecule has 0 aliphatic rings. The largest absolute Gasteiger partial charge is 0.466 e. The van der Waals surface area contributed by atoms with E-state index in [1.165, 1.54) is 5.56 Å². The van der Waals surface area contributed by atoms with Crippen LogP contribution in [0.2, 0.25) is 0 Å². The van der Waals surface area contributed by atoms with Crippen molar-refractivity contribution < 1.29 is 9.53 Å². The van der Waals surface area contributed by atoms with Crippen molar-refractivity contribution in [1.29, 1.82) is 0 Å². The van der Waals surface area contributed by atoms with Crippen molar-refractivity contribution in [2.75, 3.05) is 18.6 Å². The molecule has 16 heavy (non-hydrogen) atoms. The van der Waals surface area contributed by atoms with Crippen LogP contribution in [0.3, 0.4) is 0 Å². The molecule has 0 amide bonds. The number of benzene rings is 1. The van der Waals surface area contributed by atoms with E-state index in [-0.39, 0.29) is 5.97 Å². The summed E-state index contributed by atoms with van der Waals surface area (Å²) in [6.07, 6.45) is 0.368. The lowest BCUT2D eigenvalue weighted by Gasteiger charge is -2.08. The molecule has 1 aromatic carbocycles. The van der Waals surface area contributed by atoms with Gasteiger partial charge in [-0.25, -0.2) is 5.43 Å². The molecule has 1 rings (SSSR count). The summed E-state index contributed by atoms with van der Waals surface area (Å²) in [5.74, 6) is -0.180. The van der Waals surface area contributed by atoms with Crippen LogP contribution < -0.4 is 10.9 Å². The van der Waals surface area contributed by atoms with Crippen LogP contribution in [-0.2, 0) is 9.53 Å². The number of hydrogen-bond acceptors (Lipinski definition) is 4. The number of esters is 1. The Labute approximate surface area is 96.0 Å². The number of anilines is 1. The molecule has 4 nitrogen and oxygen atoms in total. The minimum Gasteiger partial charge on any atom is -0.466 e. The van der Waals surface area contributed by atoms with Gasteiger partial charge in [0.2, 0.25) is 0 Å². The molecule has 0 saturated carbocycles. The highest BCUT2D eigenvalue weighted by atomic mass is 16.5. The molecule has 2 N–H and O–H groups in total. The molecule has 0 bridgehead atoms. The number of rotatable bonds is 6. The summed E-state index contributed by atoms with van der Waals surface area (Å²) in [7, 11) is 0. The molecular formula is C12H18N2O2. The van der Waals surface area contributed by atoms with Gasteiger partial charge < -0.3 is 10.2 Å². The average molecular weight is 222 g/mol. The van der Waals surface area contributed by atoms with Crippen LogP contribution in [0, 0.1) is 6.92 Å². The summed E-state index contributed by atoms with van der Waals surface area (Å²) in [6, 6.07) is 8.00. The second kappa shape index (κ2) is 6.85.